The molecule has 0 saturated carbocycles. The van der Waals surface area contributed by atoms with Gasteiger partial charge in [0.1, 0.15) is 5.82 Å². The Morgan fingerprint density at radius 1 is 1.17 bits per heavy atom. The van der Waals surface area contributed by atoms with Gasteiger partial charge in [-0.25, -0.2) is 4.39 Å². The van der Waals surface area contributed by atoms with Crippen molar-refractivity contribution in [3.8, 4) is 17.2 Å². The summed E-state index contributed by atoms with van der Waals surface area (Å²) in [6, 6.07) is 7.57. The lowest BCUT2D eigenvalue weighted by atomic mass is 10.0. The highest BCUT2D eigenvalue weighted by molar-refractivity contribution is 6.31. The summed E-state index contributed by atoms with van der Waals surface area (Å²) in [6.45, 7) is 0.187. The lowest BCUT2D eigenvalue weighted by molar-refractivity contribution is -0.116. The third-order valence-corrected chi connectivity index (χ3v) is 4.87. The van der Waals surface area contributed by atoms with E-state index in [2.05, 4.69) is 5.32 Å². The van der Waals surface area contributed by atoms with E-state index in [4.69, 9.17) is 25.8 Å². The highest BCUT2D eigenvalue weighted by Crippen LogP contribution is 2.38. The number of methoxy groups -OCH3 is 3. The molecule has 162 valence electrons. The van der Waals surface area contributed by atoms with E-state index >= 15 is 0 Å². The monoisotopic (exact) mass is 436 g/mol. The first-order valence-corrected chi connectivity index (χ1v) is 9.56. The number of hydrogen-bond donors (Lipinski definition) is 1. The van der Waals surface area contributed by atoms with Gasteiger partial charge in [-0.1, -0.05) is 17.7 Å². The number of halogens is 2. The van der Waals surface area contributed by atoms with Crippen molar-refractivity contribution in [2.45, 2.75) is 6.04 Å². The minimum absolute atomic E-state index is 0.187. The predicted octanol–water partition coefficient (Wildman–Crippen LogP) is 3.94. The van der Waals surface area contributed by atoms with E-state index < -0.39 is 11.9 Å². The van der Waals surface area contributed by atoms with E-state index in [1.165, 1.54) is 33.5 Å². The quantitative estimate of drug-likeness (QED) is 0.603. The third-order valence-electron chi connectivity index (χ3n) is 4.54. The van der Waals surface area contributed by atoms with Crippen LogP contribution in [0, 0.1) is 5.82 Å². The molecule has 0 aliphatic heterocycles. The molecule has 2 aromatic carbocycles. The van der Waals surface area contributed by atoms with Crippen LogP contribution in [0.2, 0.25) is 5.02 Å². The molecule has 2 rings (SSSR count). The number of nitrogens with zero attached hydrogens (tertiary/aromatic N) is 1. The van der Waals surface area contributed by atoms with Crippen LogP contribution in [0.4, 0.5) is 4.39 Å². The second-order valence-electron chi connectivity index (χ2n) is 6.65. The van der Waals surface area contributed by atoms with Crippen LogP contribution in [-0.2, 0) is 4.79 Å². The van der Waals surface area contributed by atoms with Crippen molar-refractivity contribution < 1.29 is 23.4 Å². The van der Waals surface area contributed by atoms with E-state index in [0.29, 0.717) is 33.4 Å². The Hall–Kier alpha value is -2.77. The highest BCUT2D eigenvalue weighted by atomic mass is 35.5. The molecule has 0 bridgehead atoms. The van der Waals surface area contributed by atoms with Gasteiger partial charge in [0.25, 0.3) is 0 Å². The average molecular weight is 437 g/mol. The summed E-state index contributed by atoms with van der Waals surface area (Å²) in [5.74, 6) is 0.696. The number of rotatable bonds is 9. The molecule has 1 unspecified atom stereocenters. The van der Waals surface area contributed by atoms with Crippen molar-refractivity contribution in [2.24, 2.45) is 0 Å². The number of ether oxygens (including phenoxy) is 3. The molecule has 0 heterocycles. The molecule has 0 aliphatic rings. The fourth-order valence-corrected chi connectivity index (χ4v) is 3.29. The van der Waals surface area contributed by atoms with Gasteiger partial charge in [-0.3, -0.25) is 4.79 Å². The first-order valence-electron chi connectivity index (χ1n) is 9.18. The van der Waals surface area contributed by atoms with E-state index in [1.54, 1.807) is 49.3 Å². The molecule has 6 nitrogen and oxygen atoms in total. The number of carbonyl (C=O) groups is 1. The smallest absolute Gasteiger partial charge is 0.244 e. The Morgan fingerprint density at radius 2 is 1.80 bits per heavy atom. The summed E-state index contributed by atoms with van der Waals surface area (Å²) in [5, 5.41) is 3.10. The van der Waals surface area contributed by atoms with Gasteiger partial charge in [-0.05, 0) is 50.0 Å². The number of hydrogen-bond acceptors (Lipinski definition) is 5. The van der Waals surface area contributed by atoms with Crippen LogP contribution in [0.25, 0.3) is 6.08 Å². The first kappa shape index (κ1) is 23.5. The van der Waals surface area contributed by atoms with Crippen molar-refractivity contribution in [3.05, 3.63) is 58.4 Å². The number of nitrogens with one attached hydrogen (secondary N) is 1. The molecule has 0 spiro atoms. The van der Waals surface area contributed by atoms with Crippen LogP contribution in [-0.4, -0.2) is 52.8 Å². The number of benzene rings is 2. The van der Waals surface area contributed by atoms with Crippen LogP contribution in [0.5, 0.6) is 17.2 Å². The van der Waals surface area contributed by atoms with Crippen molar-refractivity contribution >= 4 is 23.6 Å². The van der Waals surface area contributed by atoms with Crippen LogP contribution in [0.3, 0.4) is 0 Å². The van der Waals surface area contributed by atoms with E-state index in [-0.39, 0.29) is 12.5 Å². The fourth-order valence-electron chi connectivity index (χ4n) is 3.00. The van der Waals surface area contributed by atoms with Crippen molar-refractivity contribution in [1.82, 2.24) is 10.2 Å². The van der Waals surface area contributed by atoms with Crippen molar-refractivity contribution in [2.75, 3.05) is 42.0 Å². The van der Waals surface area contributed by atoms with Crippen molar-refractivity contribution in [1.29, 1.82) is 0 Å². The SMILES string of the molecule is COc1cc(/C=C/C(=O)NCC(c2c(F)cccc2Cl)N(C)C)cc(OC)c1OC. The zero-order valence-electron chi connectivity index (χ0n) is 17.7. The molecular formula is C22H26ClFN2O4. The maximum atomic E-state index is 14.3. The maximum Gasteiger partial charge on any atom is 0.244 e. The van der Waals surface area contributed by atoms with Gasteiger partial charge in [0.2, 0.25) is 11.7 Å². The molecule has 1 atom stereocenters. The maximum absolute atomic E-state index is 14.3. The van der Waals surface area contributed by atoms with Crippen LogP contribution < -0.4 is 19.5 Å². The molecule has 1 N–H and O–H groups in total. The van der Waals surface area contributed by atoms with Gasteiger partial charge in [0, 0.05) is 23.2 Å². The van der Waals surface area contributed by atoms with Crippen LogP contribution in [0.15, 0.2) is 36.4 Å². The Labute approximate surface area is 181 Å². The summed E-state index contributed by atoms with van der Waals surface area (Å²) >= 11 is 6.18. The minimum Gasteiger partial charge on any atom is -0.493 e. The van der Waals surface area contributed by atoms with Gasteiger partial charge in [-0.15, -0.1) is 0 Å². The van der Waals surface area contributed by atoms with Gasteiger partial charge in [-0.2, -0.15) is 0 Å². The number of amides is 1. The number of carbonyl (C=O) groups excluding carboxylic acids is 1. The second kappa shape index (κ2) is 10.8. The van der Waals surface area contributed by atoms with Gasteiger partial charge in [0.15, 0.2) is 11.5 Å². The Morgan fingerprint density at radius 3 is 2.30 bits per heavy atom. The van der Waals surface area contributed by atoms with E-state index in [0.717, 1.165) is 0 Å². The summed E-state index contributed by atoms with van der Waals surface area (Å²) in [4.78, 5) is 14.1. The van der Waals surface area contributed by atoms with Crippen LogP contribution in [0.1, 0.15) is 17.2 Å². The first-order chi connectivity index (χ1) is 14.3. The summed E-state index contributed by atoms with van der Waals surface area (Å²) in [6.07, 6.45) is 3.01. The number of likely N-dealkylation sites (N-methyl/N-ethyl adjacent to an activating group) is 1. The summed E-state index contributed by atoms with van der Waals surface area (Å²) < 4.78 is 30.2. The zero-order valence-corrected chi connectivity index (χ0v) is 18.4. The van der Waals surface area contributed by atoms with Crippen LogP contribution >= 0.6 is 11.6 Å². The summed E-state index contributed by atoms with van der Waals surface area (Å²) in [7, 11) is 8.16. The molecule has 0 aliphatic carbocycles. The van der Waals surface area contributed by atoms with Gasteiger partial charge >= 0.3 is 0 Å². The van der Waals surface area contributed by atoms with Gasteiger partial charge in [0.05, 0.1) is 27.4 Å². The van der Waals surface area contributed by atoms with Gasteiger partial charge < -0.3 is 24.4 Å². The highest BCUT2D eigenvalue weighted by Gasteiger charge is 2.21. The Balaban J connectivity index is 2.14. The minimum atomic E-state index is -0.419. The van der Waals surface area contributed by atoms with Crippen molar-refractivity contribution in [3.63, 3.8) is 0 Å². The molecule has 0 aromatic heterocycles. The normalized spacial score (nSPS) is 12.1. The molecule has 8 heteroatoms. The van der Waals surface area contributed by atoms with E-state index in [9.17, 15) is 9.18 Å². The molecular weight excluding hydrogens is 411 g/mol. The summed E-state index contributed by atoms with van der Waals surface area (Å²) in [5.41, 5.74) is 1.04. The Bertz CT molecular complexity index is 873. The largest absolute Gasteiger partial charge is 0.493 e. The topological polar surface area (TPSA) is 60.0 Å². The molecule has 1 amide bonds. The standard InChI is InChI=1S/C22H26ClFN2O4/c1-26(2)17(21-15(23)7-6-8-16(21)24)13-25-20(27)10-9-14-11-18(28-3)22(30-5)19(12-14)29-4/h6-12,17H,13H2,1-5H3,(H,25,27)/b10-9+. The lowest BCUT2D eigenvalue weighted by Crippen LogP contribution is -2.34. The predicted molar refractivity (Wildman–Crippen MR) is 116 cm³/mol. The second-order valence-corrected chi connectivity index (χ2v) is 7.06. The molecule has 0 radical (unpaired) electrons. The lowest BCUT2D eigenvalue weighted by Gasteiger charge is -2.26. The third kappa shape index (κ3) is 5.64. The Kier molecular flexibility index (Phi) is 8.50. The van der Waals surface area contributed by atoms with E-state index in [1.807, 2.05) is 0 Å². The molecule has 0 saturated heterocycles. The average Bonchev–Trinajstić information content (AvgIpc) is 2.72. The fraction of sp³-hybridized carbons (Fsp3) is 0.318. The zero-order chi connectivity index (χ0) is 22.3. The molecule has 2 aromatic rings. The molecule has 0 fully saturated rings. The molecule has 30 heavy (non-hydrogen) atoms.